The Bertz CT molecular complexity index is 1010. The van der Waals surface area contributed by atoms with E-state index in [9.17, 15) is 4.79 Å². The summed E-state index contributed by atoms with van der Waals surface area (Å²) in [6.07, 6.45) is 2.10. The van der Waals surface area contributed by atoms with Crippen LogP contribution in [0.5, 0.6) is 0 Å². The molecule has 2 atom stereocenters. The van der Waals surface area contributed by atoms with Crippen molar-refractivity contribution in [3.8, 4) is 0 Å². The van der Waals surface area contributed by atoms with E-state index in [1.54, 1.807) is 23.2 Å². The van der Waals surface area contributed by atoms with Gasteiger partial charge in [-0.3, -0.25) is 25.5 Å². The Morgan fingerprint density at radius 2 is 2.00 bits per heavy atom. The quantitative estimate of drug-likeness (QED) is 0.424. The lowest BCUT2D eigenvalue weighted by Gasteiger charge is -2.19. The molecule has 8 heteroatoms. The highest BCUT2D eigenvalue weighted by Gasteiger charge is 2.38. The molecular weight excluding hydrogens is 418 g/mol. The fourth-order valence-electron chi connectivity index (χ4n) is 3.31. The topological polar surface area (TPSA) is 92.4 Å². The zero-order chi connectivity index (χ0) is 22.0. The van der Waals surface area contributed by atoms with Crippen LogP contribution in [0.2, 0.25) is 5.02 Å². The summed E-state index contributed by atoms with van der Waals surface area (Å²) in [5.41, 5.74) is 3.82. The predicted molar refractivity (Wildman–Crippen MR) is 126 cm³/mol. The van der Waals surface area contributed by atoms with E-state index in [4.69, 9.17) is 27.4 Å². The van der Waals surface area contributed by atoms with E-state index < -0.39 is 0 Å². The Morgan fingerprint density at radius 3 is 2.57 bits per heavy atom. The van der Waals surface area contributed by atoms with Crippen molar-refractivity contribution in [3.63, 3.8) is 0 Å². The van der Waals surface area contributed by atoms with Crippen molar-refractivity contribution in [2.24, 2.45) is 10.9 Å². The van der Waals surface area contributed by atoms with E-state index in [-0.39, 0.29) is 17.8 Å². The smallest absolute Gasteiger partial charge is 0.216 e. The van der Waals surface area contributed by atoms with Crippen LogP contribution < -0.4 is 10.2 Å². The maximum absolute atomic E-state index is 11.2. The van der Waals surface area contributed by atoms with Gasteiger partial charge in [0.1, 0.15) is 10.8 Å². The van der Waals surface area contributed by atoms with Gasteiger partial charge in [0.15, 0.2) is 0 Å². The second-order valence-electron chi connectivity index (χ2n) is 7.53. The van der Waals surface area contributed by atoms with Crippen LogP contribution in [0, 0.1) is 30.6 Å². The highest BCUT2D eigenvalue weighted by Crippen LogP contribution is 2.40. The van der Waals surface area contributed by atoms with Gasteiger partial charge >= 0.3 is 0 Å². The molecule has 1 fully saturated rings. The number of carbonyl (C=O) groups is 1. The summed E-state index contributed by atoms with van der Waals surface area (Å²) in [6, 6.07) is 7.73. The number of benzene rings is 1. The third-order valence-corrected chi connectivity index (χ3v) is 6.68. The van der Waals surface area contributed by atoms with Crippen molar-refractivity contribution >= 4 is 51.7 Å². The van der Waals surface area contributed by atoms with Gasteiger partial charge in [-0.2, -0.15) is 0 Å². The molecule has 1 aromatic heterocycles. The number of halogens is 1. The van der Waals surface area contributed by atoms with E-state index in [1.165, 1.54) is 13.3 Å². The molecule has 0 saturated heterocycles. The van der Waals surface area contributed by atoms with Crippen LogP contribution in [0.4, 0.5) is 5.00 Å². The first kappa shape index (κ1) is 22.2. The Morgan fingerprint density at radius 1 is 1.33 bits per heavy atom. The minimum absolute atomic E-state index is 0.0303. The number of aryl methyl sites for hydroxylation is 1. The molecular formula is C22H26ClN5OS. The van der Waals surface area contributed by atoms with Crippen LogP contribution in [0.3, 0.4) is 0 Å². The molecule has 1 aromatic carbocycles. The largest absolute Gasteiger partial charge is 0.356 e. The van der Waals surface area contributed by atoms with Gasteiger partial charge in [0.05, 0.1) is 18.1 Å². The Labute approximate surface area is 186 Å². The van der Waals surface area contributed by atoms with Gasteiger partial charge in [0.25, 0.3) is 0 Å². The molecule has 6 nitrogen and oxygen atoms in total. The molecule has 158 valence electrons. The first-order valence-corrected chi connectivity index (χ1v) is 11.0. The van der Waals surface area contributed by atoms with E-state index in [0.717, 1.165) is 38.7 Å². The van der Waals surface area contributed by atoms with Gasteiger partial charge in [-0.15, -0.1) is 11.3 Å². The molecule has 0 aliphatic heterocycles. The molecule has 1 amide bonds. The molecule has 0 spiro atoms. The zero-order valence-electron chi connectivity index (χ0n) is 17.5. The number of amides is 1. The van der Waals surface area contributed by atoms with Gasteiger partial charge in [-0.05, 0) is 44.9 Å². The minimum Gasteiger partial charge on any atom is -0.356 e. The lowest BCUT2D eigenvalue weighted by molar-refractivity contribution is -0.119. The maximum atomic E-state index is 11.2. The number of rotatable bonds is 7. The summed E-state index contributed by atoms with van der Waals surface area (Å²) in [5, 5.41) is 20.3. The van der Waals surface area contributed by atoms with Crippen LogP contribution in [-0.4, -0.2) is 36.4 Å². The fourth-order valence-corrected chi connectivity index (χ4v) is 4.62. The summed E-state index contributed by atoms with van der Waals surface area (Å²) < 4.78 is 0. The highest BCUT2D eigenvalue weighted by molar-refractivity contribution is 7.17. The number of hydrogen-bond acceptors (Lipinski definition) is 5. The summed E-state index contributed by atoms with van der Waals surface area (Å²) in [5.74, 6) is 0.568. The Kier molecular flexibility index (Phi) is 6.73. The normalized spacial score (nSPS) is 18.1. The van der Waals surface area contributed by atoms with Gasteiger partial charge in [-0.25, -0.2) is 0 Å². The van der Waals surface area contributed by atoms with Gasteiger partial charge in [0.2, 0.25) is 5.91 Å². The van der Waals surface area contributed by atoms with Crippen LogP contribution in [-0.2, 0) is 4.79 Å². The van der Waals surface area contributed by atoms with Crippen molar-refractivity contribution in [1.82, 2.24) is 5.32 Å². The second-order valence-corrected chi connectivity index (χ2v) is 9.17. The SMILES string of the molecule is CC(=N)N(C=N)c1sc(C)c(C)c1C(=NC1CC1CNC(C)=O)c1ccc(Cl)cc1. The molecule has 2 aromatic rings. The summed E-state index contributed by atoms with van der Waals surface area (Å²) in [6.45, 7) is 7.92. The predicted octanol–water partition coefficient (Wildman–Crippen LogP) is 4.79. The fraction of sp³-hybridized carbons (Fsp3) is 0.364. The molecule has 1 saturated carbocycles. The van der Waals surface area contributed by atoms with Crippen LogP contribution in [0.25, 0.3) is 0 Å². The maximum Gasteiger partial charge on any atom is 0.216 e. The minimum atomic E-state index is -0.0303. The van der Waals surface area contributed by atoms with E-state index in [2.05, 4.69) is 12.2 Å². The third kappa shape index (κ3) is 4.79. The van der Waals surface area contributed by atoms with Crippen LogP contribution >= 0.6 is 22.9 Å². The van der Waals surface area contributed by atoms with E-state index >= 15 is 0 Å². The zero-order valence-corrected chi connectivity index (χ0v) is 19.1. The molecule has 1 aliphatic rings. The van der Waals surface area contributed by atoms with E-state index in [1.807, 2.05) is 31.2 Å². The lowest BCUT2D eigenvalue weighted by Crippen LogP contribution is -2.26. The highest BCUT2D eigenvalue weighted by atomic mass is 35.5. The van der Waals surface area contributed by atoms with Crippen molar-refractivity contribution in [2.45, 2.75) is 40.2 Å². The average Bonchev–Trinajstić information content (AvgIpc) is 3.37. The number of amidine groups is 1. The number of hydrogen-bond donors (Lipinski definition) is 3. The van der Waals surface area contributed by atoms with Gasteiger partial charge in [0, 0.05) is 40.4 Å². The first-order chi connectivity index (χ1) is 14.2. The first-order valence-electron chi connectivity index (χ1n) is 9.76. The molecule has 2 unspecified atom stereocenters. The Balaban J connectivity index is 2.09. The molecule has 1 aliphatic carbocycles. The number of aliphatic imine (C=N–C) groups is 1. The summed E-state index contributed by atoms with van der Waals surface area (Å²) in [4.78, 5) is 19.0. The average molecular weight is 444 g/mol. The summed E-state index contributed by atoms with van der Waals surface area (Å²) in [7, 11) is 0. The summed E-state index contributed by atoms with van der Waals surface area (Å²) >= 11 is 7.67. The van der Waals surface area contributed by atoms with Gasteiger partial charge < -0.3 is 5.32 Å². The van der Waals surface area contributed by atoms with Crippen molar-refractivity contribution in [2.75, 3.05) is 11.4 Å². The standard InChI is InChI=1S/C22H26ClN5OS/c1-12-13(2)30-22(28(11-24)14(3)25)20(12)21(16-5-7-18(23)8-6-16)27-19-9-17(19)10-26-15(4)29/h5-8,11,17,19,24-25H,9-10H2,1-4H3,(H,26,29). The van der Waals surface area contributed by atoms with E-state index in [0.29, 0.717) is 17.5 Å². The molecule has 0 bridgehead atoms. The van der Waals surface area contributed by atoms with Crippen LogP contribution in [0.1, 0.15) is 41.8 Å². The number of nitrogens with one attached hydrogen (secondary N) is 3. The number of carbonyl (C=O) groups excluding carboxylic acids is 1. The van der Waals surface area contributed by atoms with Crippen LogP contribution in [0.15, 0.2) is 29.3 Å². The molecule has 30 heavy (non-hydrogen) atoms. The number of nitrogens with zero attached hydrogens (tertiary/aromatic N) is 2. The van der Waals surface area contributed by atoms with Crippen molar-refractivity contribution < 1.29 is 4.79 Å². The number of thiophene rings is 1. The lowest BCUT2D eigenvalue weighted by atomic mass is 9.99. The third-order valence-electron chi connectivity index (χ3n) is 5.22. The van der Waals surface area contributed by atoms with Crippen molar-refractivity contribution in [1.29, 1.82) is 10.8 Å². The van der Waals surface area contributed by atoms with Gasteiger partial charge in [-0.1, -0.05) is 23.7 Å². The Hall–Kier alpha value is -2.51. The molecule has 1 heterocycles. The molecule has 3 N–H and O–H groups in total. The monoisotopic (exact) mass is 443 g/mol. The molecule has 0 radical (unpaired) electrons. The molecule has 3 rings (SSSR count). The number of anilines is 1. The second kappa shape index (κ2) is 9.10. The van der Waals surface area contributed by atoms with Crippen molar-refractivity contribution in [3.05, 3.63) is 50.9 Å².